The minimum Gasteiger partial charge on any atom is -0.323 e. The predicted octanol–water partition coefficient (Wildman–Crippen LogP) is 2.03. The summed E-state index contributed by atoms with van der Waals surface area (Å²) in [4.78, 5) is 49.5. The highest BCUT2D eigenvalue weighted by Gasteiger charge is 2.45. The van der Waals surface area contributed by atoms with E-state index in [1.54, 1.807) is 18.2 Å². The lowest BCUT2D eigenvalue weighted by Gasteiger charge is -2.17. The number of carbonyl (C=O) groups is 4. The van der Waals surface area contributed by atoms with Crippen LogP contribution in [-0.2, 0) is 14.4 Å². The van der Waals surface area contributed by atoms with Gasteiger partial charge in [-0.2, -0.15) is 0 Å². The topological polar surface area (TPSA) is 86.8 Å². The summed E-state index contributed by atoms with van der Waals surface area (Å²) in [6, 6.07) is 4.29. The standard InChI is InChI=1S/C16H18ClN3O4/c1-9(2)7-19-14(22)15(23)20(16(19)24)8-13(21)18-12-5-4-10(3)6-11(12)17/h4-6,9H,7-8H2,1-3H3,(H,18,21). The average Bonchev–Trinajstić information content (AvgIpc) is 2.67. The molecule has 1 aromatic carbocycles. The van der Waals surface area contributed by atoms with Crippen LogP contribution >= 0.6 is 11.6 Å². The van der Waals surface area contributed by atoms with E-state index >= 15 is 0 Å². The second-order valence-electron chi connectivity index (χ2n) is 6.01. The Labute approximate surface area is 144 Å². The molecular formula is C16H18ClN3O4. The molecule has 2 rings (SSSR count). The van der Waals surface area contributed by atoms with Crippen molar-refractivity contribution in [3.63, 3.8) is 0 Å². The number of carbonyl (C=O) groups excluding carboxylic acids is 4. The predicted molar refractivity (Wildman–Crippen MR) is 88.5 cm³/mol. The lowest BCUT2D eigenvalue weighted by molar-refractivity contribution is -0.143. The lowest BCUT2D eigenvalue weighted by Crippen LogP contribution is -2.39. The third-order valence-electron chi connectivity index (χ3n) is 3.38. The summed E-state index contributed by atoms with van der Waals surface area (Å²) >= 11 is 6.03. The molecule has 1 aliphatic heterocycles. The number of hydrogen-bond acceptors (Lipinski definition) is 4. The molecule has 1 saturated heterocycles. The fourth-order valence-corrected chi connectivity index (χ4v) is 2.55. The number of halogens is 1. The molecule has 1 aromatic rings. The van der Waals surface area contributed by atoms with E-state index in [0.29, 0.717) is 15.6 Å². The second-order valence-corrected chi connectivity index (χ2v) is 6.42. The SMILES string of the molecule is Cc1ccc(NC(=O)CN2C(=O)C(=O)N(CC(C)C)C2=O)c(Cl)c1. The first kappa shape index (κ1) is 17.9. The van der Waals surface area contributed by atoms with Crippen molar-refractivity contribution in [1.29, 1.82) is 0 Å². The van der Waals surface area contributed by atoms with Crippen molar-refractivity contribution in [3.8, 4) is 0 Å². The zero-order chi connectivity index (χ0) is 18.0. The number of anilines is 1. The normalized spacial score (nSPS) is 14.8. The van der Waals surface area contributed by atoms with Crippen LogP contribution in [0.3, 0.4) is 0 Å². The number of amides is 5. The number of urea groups is 1. The van der Waals surface area contributed by atoms with Crippen LogP contribution in [0.5, 0.6) is 0 Å². The van der Waals surface area contributed by atoms with E-state index in [1.807, 2.05) is 20.8 Å². The molecule has 1 heterocycles. The molecule has 0 aromatic heterocycles. The minimum absolute atomic E-state index is 0.0193. The fourth-order valence-electron chi connectivity index (χ4n) is 2.27. The average molecular weight is 352 g/mol. The van der Waals surface area contributed by atoms with Crippen molar-refractivity contribution in [2.24, 2.45) is 5.92 Å². The maximum absolute atomic E-state index is 12.2. The zero-order valence-corrected chi connectivity index (χ0v) is 14.4. The highest BCUT2D eigenvalue weighted by molar-refractivity contribution is 6.45. The summed E-state index contributed by atoms with van der Waals surface area (Å²) in [5.74, 6) is -2.49. The van der Waals surface area contributed by atoms with Gasteiger partial charge in [-0.05, 0) is 30.5 Å². The van der Waals surface area contributed by atoms with Crippen molar-refractivity contribution in [3.05, 3.63) is 28.8 Å². The smallest absolute Gasteiger partial charge is 0.323 e. The van der Waals surface area contributed by atoms with Crippen LogP contribution in [0.2, 0.25) is 5.02 Å². The van der Waals surface area contributed by atoms with Crippen molar-refractivity contribution < 1.29 is 19.2 Å². The molecule has 0 radical (unpaired) electrons. The molecule has 0 aliphatic carbocycles. The van der Waals surface area contributed by atoms with E-state index in [-0.39, 0.29) is 12.5 Å². The molecule has 5 amide bonds. The maximum Gasteiger partial charge on any atom is 0.334 e. The van der Waals surface area contributed by atoms with Crippen LogP contribution in [0.4, 0.5) is 10.5 Å². The van der Waals surface area contributed by atoms with Gasteiger partial charge in [-0.25, -0.2) is 9.69 Å². The van der Waals surface area contributed by atoms with E-state index in [2.05, 4.69) is 5.32 Å². The van der Waals surface area contributed by atoms with Gasteiger partial charge in [0.05, 0.1) is 10.7 Å². The summed E-state index contributed by atoms with van der Waals surface area (Å²) in [5, 5.41) is 2.88. The van der Waals surface area contributed by atoms with Crippen LogP contribution in [0, 0.1) is 12.8 Å². The highest BCUT2D eigenvalue weighted by atomic mass is 35.5. The molecule has 7 nitrogen and oxygen atoms in total. The second kappa shape index (κ2) is 7.00. The third kappa shape index (κ3) is 3.73. The third-order valence-corrected chi connectivity index (χ3v) is 3.70. The van der Waals surface area contributed by atoms with E-state index in [9.17, 15) is 19.2 Å². The Bertz CT molecular complexity index is 717. The molecule has 1 aliphatic rings. The minimum atomic E-state index is -0.995. The summed E-state index contributed by atoms with van der Waals surface area (Å²) in [6.45, 7) is 5.08. The van der Waals surface area contributed by atoms with E-state index in [1.165, 1.54) is 0 Å². The van der Waals surface area contributed by atoms with E-state index in [4.69, 9.17) is 11.6 Å². The number of benzene rings is 1. The summed E-state index contributed by atoms with van der Waals surface area (Å²) in [6.07, 6.45) is 0. The molecule has 128 valence electrons. The van der Waals surface area contributed by atoms with Gasteiger partial charge in [-0.15, -0.1) is 0 Å². The molecule has 0 bridgehead atoms. The molecule has 1 N–H and O–H groups in total. The van der Waals surface area contributed by atoms with Crippen LogP contribution in [0.15, 0.2) is 18.2 Å². The van der Waals surface area contributed by atoms with Gasteiger partial charge in [-0.3, -0.25) is 19.3 Å². The van der Waals surface area contributed by atoms with Crippen LogP contribution in [0.25, 0.3) is 0 Å². The first-order chi connectivity index (χ1) is 11.2. The number of aryl methyl sites for hydroxylation is 1. The Hall–Kier alpha value is -2.41. The van der Waals surface area contributed by atoms with Crippen molar-refractivity contribution in [2.45, 2.75) is 20.8 Å². The van der Waals surface area contributed by atoms with Gasteiger partial charge in [0.25, 0.3) is 0 Å². The van der Waals surface area contributed by atoms with Crippen molar-refractivity contribution in [1.82, 2.24) is 9.80 Å². The van der Waals surface area contributed by atoms with Gasteiger partial charge in [0.2, 0.25) is 5.91 Å². The Morgan fingerprint density at radius 2 is 1.79 bits per heavy atom. The van der Waals surface area contributed by atoms with Gasteiger partial charge in [0.1, 0.15) is 6.54 Å². The summed E-state index contributed by atoms with van der Waals surface area (Å²) in [7, 11) is 0. The molecular weight excluding hydrogens is 334 g/mol. The van der Waals surface area contributed by atoms with Crippen LogP contribution in [0.1, 0.15) is 19.4 Å². The fraction of sp³-hybridized carbons (Fsp3) is 0.375. The van der Waals surface area contributed by atoms with Crippen LogP contribution < -0.4 is 5.32 Å². The van der Waals surface area contributed by atoms with Gasteiger partial charge in [0, 0.05) is 6.54 Å². The number of rotatable bonds is 5. The Morgan fingerprint density at radius 1 is 1.17 bits per heavy atom. The molecule has 0 saturated carbocycles. The number of nitrogens with one attached hydrogen (secondary N) is 1. The van der Waals surface area contributed by atoms with Gasteiger partial charge in [0.15, 0.2) is 0 Å². The van der Waals surface area contributed by atoms with E-state index < -0.39 is 30.3 Å². The monoisotopic (exact) mass is 351 g/mol. The first-order valence-corrected chi connectivity index (χ1v) is 7.81. The molecule has 0 spiro atoms. The highest BCUT2D eigenvalue weighted by Crippen LogP contribution is 2.23. The largest absolute Gasteiger partial charge is 0.334 e. The quantitative estimate of drug-likeness (QED) is 0.649. The molecule has 0 atom stereocenters. The van der Waals surface area contributed by atoms with Gasteiger partial charge in [-0.1, -0.05) is 31.5 Å². The lowest BCUT2D eigenvalue weighted by atomic mass is 10.2. The summed E-state index contributed by atoms with van der Waals surface area (Å²) < 4.78 is 0. The van der Waals surface area contributed by atoms with Crippen LogP contribution in [-0.4, -0.2) is 46.6 Å². The van der Waals surface area contributed by atoms with Crippen molar-refractivity contribution >= 4 is 41.0 Å². The van der Waals surface area contributed by atoms with Crippen molar-refractivity contribution in [2.75, 3.05) is 18.4 Å². The Morgan fingerprint density at radius 3 is 2.38 bits per heavy atom. The van der Waals surface area contributed by atoms with Gasteiger partial charge >= 0.3 is 17.8 Å². The molecule has 24 heavy (non-hydrogen) atoms. The molecule has 8 heteroatoms. The maximum atomic E-state index is 12.2. The Balaban J connectivity index is 2.07. The summed E-state index contributed by atoms with van der Waals surface area (Å²) in [5.41, 5.74) is 1.30. The molecule has 0 unspecified atom stereocenters. The molecule has 1 fully saturated rings. The number of imide groups is 2. The zero-order valence-electron chi connectivity index (χ0n) is 13.6. The van der Waals surface area contributed by atoms with E-state index in [0.717, 1.165) is 10.5 Å². The number of hydrogen-bond donors (Lipinski definition) is 1. The Kier molecular flexibility index (Phi) is 5.23. The number of nitrogens with zero attached hydrogens (tertiary/aromatic N) is 2. The van der Waals surface area contributed by atoms with Gasteiger partial charge < -0.3 is 5.32 Å². The first-order valence-electron chi connectivity index (χ1n) is 7.44.